The molecule has 0 unspecified atom stereocenters. The molecule has 1 fully saturated rings. The lowest BCUT2D eigenvalue weighted by Gasteiger charge is -2.34. The number of carbonyl (C=O) groups excluding carboxylic acids is 1. The van der Waals surface area contributed by atoms with Crippen LogP contribution < -0.4 is 5.32 Å². The summed E-state index contributed by atoms with van der Waals surface area (Å²) < 4.78 is 13.1. The van der Waals surface area contributed by atoms with Gasteiger partial charge in [-0.3, -0.25) is 0 Å². The molecule has 6 heteroatoms. The number of nitrogens with one attached hydrogen (secondary N) is 1. The van der Waals surface area contributed by atoms with Crippen molar-refractivity contribution in [3.8, 4) is 0 Å². The maximum Gasteiger partial charge on any atom is 0.319 e. The minimum absolute atomic E-state index is 0.0493. The Hall–Kier alpha value is -1.49. The Morgan fingerprint density at radius 2 is 2.05 bits per heavy atom. The van der Waals surface area contributed by atoms with Crippen LogP contribution in [0.15, 0.2) is 18.2 Å². The third kappa shape index (κ3) is 3.54. The van der Waals surface area contributed by atoms with Crippen LogP contribution in [-0.2, 0) is 0 Å². The van der Waals surface area contributed by atoms with E-state index in [0.29, 0.717) is 0 Å². The summed E-state index contributed by atoms with van der Waals surface area (Å²) in [6, 6.07) is 4.96. The highest BCUT2D eigenvalue weighted by molar-refractivity contribution is 6.31. The highest BCUT2D eigenvalue weighted by Crippen LogP contribution is 2.22. The second-order valence-corrected chi connectivity index (χ2v) is 5.62. The second kappa shape index (κ2) is 6.31. The smallest absolute Gasteiger partial charge is 0.319 e. The molecule has 0 saturated carbocycles. The molecule has 4 nitrogen and oxygen atoms in total. The van der Waals surface area contributed by atoms with E-state index >= 15 is 0 Å². The average Bonchev–Trinajstić information content (AvgIpc) is 2.43. The Bertz CT molecular complexity index is 487. The first kappa shape index (κ1) is 14.9. The topological polar surface area (TPSA) is 35.6 Å². The van der Waals surface area contributed by atoms with Gasteiger partial charge in [0.25, 0.3) is 0 Å². The van der Waals surface area contributed by atoms with Crippen molar-refractivity contribution < 1.29 is 9.18 Å². The number of nitrogens with zero attached hydrogens (tertiary/aromatic N) is 2. The largest absolute Gasteiger partial charge is 0.382 e. The Labute approximate surface area is 123 Å². The van der Waals surface area contributed by atoms with Crippen LogP contribution in [0.3, 0.4) is 0 Å². The Morgan fingerprint density at radius 1 is 1.40 bits per heavy atom. The molecule has 20 heavy (non-hydrogen) atoms. The normalized spacial score (nSPS) is 16.1. The fraction of sp³-hybridized carbons (Fsp3) is 0.500. The summed E-state index contributed by atoms with van der Waals surface area (Å²) in [5.74, 6) is -0.413. The minimum Gasteiger partial charge on any atom is -0.382 e. The number of hydrogen-bond donors (Lipinski definition) is 1. The second-order valence-electron chi connectivity index (χ2n) is 5.21. The molecule has 2 rings (SSSR count). The molecular weight excluding hydrogens is 281 g/mol. The number of amides is 2. The standard InChI is InChI=1S/C14H19ClFN3O/c1-18(2)14(20)19-7-5-10(6-8-19)17-11-3-4-13(16)12(15)9-11/h3-4,9-10,17H,5-8H2,1-2H3. The van der Waals surface area contributed by atoms with Gasteiger partial charge in [-0.1, -0.05) is 11.6 Å². The van der Waals surface area contributed by atoms with Crippen LogP contribution in [0.5, 0.6) is 0 Å². The predicted octanol–water partition coefficient (Wildman–Crippen LogP) is 3.04. The van der Waals surface area contributed by atoms with Gasteiger partial charge >= 0.3 is 6.03 Å². The summed E-state index contributed by atoms with van der Waals surface area (Å²) in [7, 11) is 3.51. The van der Waals surface area contributed by atoms with Gasteiger partial charge in [0.2, 0.25) is 0 Å². The Balaban J connectivity index is 1.88. The Kier molecular flexibility index (Phi) is 4.70. The van der Waals surface area contributed by atoms with Crippen LogP contribution in [-0.4, -0.2) is 49.1 Å². The first-order valence-electron chi connectivity index (χ1n) is 6.65. The number of likely N-dealkylation sites (tertiary alicyclic amines) is 1. The van der Waals surface area contributed by atoms with E-state index in [-0.39, 0.29) is 17.1 Å². The number of carbonyl (C=O) groups is 1. The van der Waals surface area contributed by atoms with Crippen molar-refractivity contribution in [2.24, 2.45) is 0 Å². The van der Waals surface area contributed by atoms with Crippen molar-refractivity contribution in [1.82, 2.24) is 9.80 Å². The van der Waals surface area contributed by atoms with Crippen molar-refractivity contribution in [2.45, 2.75) is 18.9 Å². The van der Waals surface area contributed by atoms with E-state index in [1.807, 2.05) is 4.90 Å². The van der Waals surface area contributed by atoms with Crippen LogP contribution in [0.1, 0.15) is 12.8 Å². The van der Waals surface area contributed by atoms with Crippen LogP contribution in [0, 0.1) is 5.82 Å². The van der Waals surface area contributed by atoms with Crippen LogP contribution >= 0.6 is 11.6 Å². The van der Waals surface area contributed by atoms with Crippen molar-refractivity contribution in [3.63, 3.8) is 0 Å². The molecule has 110 valence electrons. The van der Waals surface area contributed by atoms with E-state index in [2.05, 4.69) is 5.32 Å². The number of anilines is 1. The summed E-state index contributed by atoms with van der Waals surface area (Å²) in [5, 5.41) is 3.46. The van der Waals surface area contributed by atoms with Gasteiger partial charge in [-0.2, -0.15) is 0 Å². The predicted molar refractivity (Wildman–Crippen MR) is 78.7 cm³/mol. The van der Waals surface area contributed by atoms with Gasteiger partial charge in [0.05, 0.1) is 5.02 Å². The minimum atomic E-state index is -0.413. The molecule has 0 aromatic heterocycles. The third-order valence-corrected chi connectivity index (χ3v) is 3.73. The molecule has 1 aliphatic heterocycles. The van der Waals surface area contributed by atoms with E-state index in [1.165, 1.54) is 6.07 Å². The molecule has 1 aliphatic rings. The van der Waals surface area contributed by atoms with Crippen molar-refractivity contribution >= 4 is 23.3 Å². The molecule has 2 amide bonds. The van der Waals surface area contributed by atoms with Crippen LogP contribution in [0.4, 0.5) is 14.9 Å². The fourth-order valence-corrected chi connectivity index (χ4v) is 2.50. The van der Waals surface area contributed by atoms with Gasteiger partial charge < -0.3 is 15.1 Å². The highest BCUT2D eigenvalue weighted by atomic mass is 35.5. The quantitative estimate of drug-likeness (QED) is 0.911. The lowest BCUT2D eigenvalue weighted by molar-refractivity contribution is 0.158. The molecule has 0 bridgehead atoms. The van der Waals surface area contributed by atoms with Crippen LogP contribution in [0.2, 0.25) is 5.02 Å². The average molecular weight is 300 g/mol. The maximum absolute atomic E-state index is 13.1. The van der Waals surface area contributed by atoms with E-state index in [1.54, 1.807) is 31.1 Å². The fourth-order valence-electron chi connectivity index (χ4n) is 2.32. The van der Waals surface area contributed by atoms with Crippen molar-refractivity contribution in [2.75, 3.05) is 32.5 Å². The molecule has 0 spiro atoms. The van der Waals surface area contributed by atoms with E-state index in [4.69, 9.17) is 11.6 Å². The maximum atomic E-state index is 13.1. The SMILES string of the molecule is CN(C)C(=O)N1CCC(Nc2ccc(F)c(Cl)c2)CC1. The zero-order valence-electron chi connectivity index (χ0n) is 11.7. The lowest BCUT2D eigenvalue weighted by atomic mass is 10.0. The number of rotatable bonds is 2. The van der Waals surface area contributed by atoms with Gasteiger partial charge in [-0.25, -0.2) is 9.18 Å². The molecule has 1 saturated heterocycles. The van der Waals surface area contributed by atoms with E-state index < -0.39 is 5.82 Å². The van der Waals surface area contributed by atoms with Gasteiger partial charge in [-0.05, 0) is 31.0 Å². The first-order chi connectivity index (χ1) is 9.47. The van der Waals surface area contributed by atoms with E-state index in [9.17, 15) is 9.18 Å². The monoisotopic (exact) mass is 299 g/mol. The Morgan fingerprint density at radius 3 is 2.60 bits per heavy atom. The zero-order chi connectivity index (χ0) is 14.7. The third-order valence-electron chi connectivity index (χ3n) is 3.44. The number of benzene rings is 1. The molecule has 0 aliphatic carbocycles. The molecule has 1 heterocycles. The number of piperidine rings is 1. The van der Waals surface area contributed by atoms with Gasteiger partial charge in [-0.15, -0.1) is 0 Å². The number of hydrogen-bond acceptors (Lipinski definition) is 2. The lowest BCUT2D eigenvalue weighted by Crippen LogP contribution is -2.46. The van der Waals surface area contributed by atoms with Crippen molar-refractivity contribution in [3.05, 3.63) is 29.0 Å². The first-order valence-corrected chi connectivity index (χ1v) is 7.03. The summed E-state index contributed by atoms with van der Waals surface area (Å²) >= 11 is 5.76. The highest BCUT2D eigenvalue weighted by Gasteiger charge is 2.23. The molecule has 0 atom stereocenters. The molecule has 1 N–H and O–H groups in total. The summed E-state index contributed by atoms with van der Waals surface area (Å²) in [6.07, 6.45) is 1.74. The summed E-state index contributed by atoms with van der Waals surface area (Å²) in [4.78, 5) is 15.3. The summed E-state index contributed by atoms with van der Waals surface area (Å²) in [6.45, 7) is 1.45. The molecular formula is C14H19ClFN3O. The van der Waals surface area contributed by atoms with Gasteiger partial charge in [0.15, 0.2) is 0 Å². The van der Waals surface area contributed by atoms with Gasteiger partial charge in [0, 0.05) is 38.9 Å². The number of urea groups is 1. The zero-order valence-corrected chi connectivity index (χ0v) is 12.5. The van der Waals surface area contributed by atoms with Gasteiger partial charge in [0.1, 0.15) is 5.82 Å². The molecule has 1 aromatic rings. The summed E-state index contributed by atoms with van der Waals surface area (Å²) in [5.41, 5.74) is 0.814. The molecule has 1 aromatic carbocycles. The molecule has 0 radical (unpaired) electrons. The van der Waals surface area contributed by atoms with Crippen molar-refractivity contribution in [1.29, 1.82) is 0 Å². The number of halogens is 2. The van der Waals surface area contributed by atoms with E-state index in [0.717, 1.165) is 31.6 Å². The van der Waals surface area contributed by atoms with Crippen LogP contribution in [0.25, 0.3) is 0 Å².